The van der Waals surface area contributed by atoms with Crippen molar-refractivity contribution in [1.29, 1.82) is 0 Å². The van der Waals surface area contributed by atoms with E-state index in [9.17, 15) is 0 Å². The van der Waals surface area contributed by atoms with Gasteiger partial charge < -0.3 is 10.2 Å². The highest BCUT2D eigenvalue weighted by Crippen LogP contribution is 2.28. The van der Waals surface area contributed by atoms with Gasteiger partial charge in [-0.25, -0.2) is 0 Å². The molecule has 1 saturated carbocycles. The zero-order chi connectivity index (χ0) is 12.1. The minimum Gasteiger partial charge on any atom is -0.384 e. The Morgan fingerprint density at radius 2 is 2.24 bits per heavy atom. The van der Waals surface area contributed by atoms with Gasteiger partial charge in [0.25, 0.3) is 0 Å². The lowest BCUT2D eigenvalue weighted by atomic mass is 9.85. The Balaban J connectivity index is 1.93. The highest BCUT2D eigenvalue weighted by Gasteiger charge is 2.19. The minimum absolute atomic E-state index is 0.896. The van der Waals surface area contributed by atoms with Crippen LogP contribution >= 0.6 is 0 Å². The summed E-state index contributed by atoms with van der Waals surface area (Å²) < 4.78 is 0. The van der Waals surface area contributed by atoms with E-state index in [4.69, 9.17) is 0 Å². The van der Waals surface area contributed by atoms with Gasteiger partial charge in [0.15, 0.2) is 0 Å². The molecule has 94 valence electrons. The van der Waals surface area contributed by atoms with Crippen molar-refractivity contribution in [1.82, 2.24) is 4.98 Å². The zero-order valence-electron chi connectivity index (χ0n) is 10.9. The molecule has 0 aromatic carbocycles. The largest absolute Gasteiger partial charge is 0.384 e. The fourth-order valence-corrected chi connectivity index (χ4v) is 2.17. The molecule has 1 heterocycles. The van der Waals surface area contributed by atoms with Crippen LogP contribution in [0, 0.1) is 5.92 Å². The molecule has 0 radical (unpaired) electrons. The lowest BCUT2D eigenvalue weighted by Crippen LogP contribution is -2.29. The van der Waals surface area contributed by atoms with Gasteiger partial charge in [-0.05, 0) is 31.2 Å². The van der Waals surface area contributed by atoms with E-state index in [-0.39, 0.29) is 0 Å². The van der Waals surface area contributed by atoms with Crippen molar-refractivity contribution in [2.45, 2.75) is 32.6 Å². The Morgan fingerprint density at radius 3 is 2.88 bits per heavy atom. The molecule has 1 aromatic heterocycles. The third-order valence-electron chi connectivity index (χ3n) is 3.50. The number of hydrogen-bond donors (Lipinski definition) is 1. The number of rotatable bonds is 6. The average Bonchev–Trinajstić information content (AvgIpc) is 2.31. The molecule has 17 heavy (non-hydrogen) atoms. The van der Waals surface area contributed by atoms with Crippen LogP contribution in [0.25, 0.3) is 0 Å². The van der Waals surface area contributed by atoms with Crippen molar-refractivity contribution < 1.29 is 0 Å². The van der Waals surface area contributed by atoms with Gasteiger partial charge in [-0.3, -0.25) is 4.98 Å². The lowest BCUT2D eigenvalue weighted by Gasteiger charge is -2.31. The van der Waals surface area contributed by atoms with Crippen LogP contribution in [0.2, 0.25) is 0 Å². The summed E-state index contributed by atoms with van der Waals surface area (Å²) in [7, 11) is 2.17. The maximum atomic E-state index is 4.31. The van der Waals surface area contributed by atoms with Crippen LogP contribution in [0.15, 0.2) is 18.5 Å². The third kappa shape index (κ3) is 3.35. The van der Waals surface area contributed by atoms with Gasteiger partial charge in [0.2, 0.25) is 0 Å². The molecular formula is C14H23N3. The van der Waals surface area contributed by atoms with Crippen LogP contribution in [0.1, 0.15) is 32.6 Å². The molecule has 0 atom stereocenters. The maximum Gasteiger partial charge on any atom is 0.0570 e. The first-order chi connectivity index (χ1) is 8.29. The molecular weight excluding hydrogens is 210 g/mol. The van der Waals surface area contributed by atoms with Crippen LogP contribution < -0.4 is 10.2 Å². The van der Waals surface area contributed by atoms with Gasteiger partial charge in [0.05, 0.1) is 23.8 Å². The summed E-state index contributed by atoms with van der Waals surface area (Å²) in [6.45, 7) is 4.35. The van der Waals surface area contributed by atoms with E-state index in [1.165, 1.54) is 31.5 Å². The van der Waals surface area contributed by atoms with Crippen LogP contribution in [-0.4, -0.2) is 25.1 Å². The summed E-state index contributed by atoms with van der Waals surface area (Å²) in [6, 6.07) is 2.20. The molecule has 1 aromatic rings. The number of hydrogen-bond acceptors (Lipinski definition) is 3. The minimum atomic E-state index is 0.896. The van der Waals surface area contributed by atoms with Crippen LogP contribution in [0.3, 0.4) is 0 Å². The van der Waals surface area contributed by atoms with Crippen molar-refractivity contribution in [3.05, 3.63) is 18.5 Å². The lowest BCUT2D eigenvalue weighted by molar-refractivity contribution is 0.321. The van der Waals surface area contributed by atoms with Crippen molar-refractivity contribution in [3.8, 4) is 0 Å². The van der Waals surface area contributed by atoms with Gasteiger partial charge in [-0.2, -0.15) is 0 Å². The quantitative estimate of drug-likeness (QED) is 0.818. The van der Waals surface area contributed by atoms with Gasteiger partial charge >= 0.3 is 0 Å². The van der Waals surface area contributed by atoms with Crippen molar-refractivity contribution in [3.63, 3.8) is 0 Å². The molecule has 0 amide bonds. The zero-order valence-corrected chi connectivity index (χ0v) is 10.9. The Hall–Kier alpha value is -1.25. The molecule has 0 bridgehead atoms. The third-order valence-corrected chi connectivity index (χ3v) is 3.50. The molecule has 0 saturated heterocycles. The monoisotopic (exact) mass is 233 g/mol. The average molecular weight is 233 g/mol. The topological polar surface area (TPSA) is 28.2 Å². The summed E-state index contributed by atoms with van der Waals surface area (Å²) in [4.78, 5) is 6.63. The molecule has 0 aliphatic heterocycles. The van der Waals surface area contributed by atoms with Crippen LogP contribution in [-0.2, 0) is 0 Å². The van der Waals surface area contributed by atoms with E-state index in [0.29, 0.717) is 0 Å². The smallest absolute Gasteiger partial charge is 0.0570 e. The normalized spacial score (nSPS) is 15.4. The highest BCUT2D eigenvalue weighted by atomic mass is 15.1. The van der Waals surface area contributed by atoms with E-state index in [2.05, 4.69) is 35.2 Å². The molecule has 3 heteroatoms. The summed E-state index contributed by atoms with van der Waals surface area (Å²) in [5, 5.41) is 3.38. The van der Waals surface area contributed by atoms with E-state index in [1.54, 1.807) is 0 Å². The second kappa shape index (κ2) is 5.89. The maximum absolute atomic E-state index is 4.31. The first kappa shape index (κ1) is 12.2. The highest BCUT2D eigenvalue weighted by molar-refractivity contribution is 5.55. The summed E-state index contributed by atoms with van der Waals surface area (Å²) in [5.41, 5.74) is 2.35. The predicted octanol–water partition coefficient (Wildman–Crippen LogP) is 3.14. The SMILES string of the molecule is CCCNc1cncc(N(C)CC2CCC2)c1. The molecule has 1 aliphatic carbocycles. The Bertz CT molecular complexity index is 347. The van der Waals surface area contributed by atoms with E-state index < -0.39 is 0 Å². The Labute approximate surface area is 104 Å². The fourth-order valence-electron chi connectivity index (χ4n) is 2.17. The number of nitrogens with one attached hydrogen (secondary N) is 1. The summed E-state index contributed by atoms with van der Waals surface area (Å²) >= 11 is 0. The number of anilines is 2. The summed E-state index contributed by atoms with van der Waals surface area (Å²) in [6.07, 6.45) is 9.19. The molecule has 2 rings (SSSR count). The molecule has 1 N–H and O–H groups in total. The number of aromatic nitrogens is 1. The Kier molecular flexibility index (Phi) is 4.24. The van der Waals surface area contributed by atoms with Crippen molar-refractivity contribution >= 4 is 11.4 Å². The van der Waals surface area contributed by atoms with Crippen molar-refractivity contribution in [2.75, 3.05) is 30.4 Å². The number of pyridine rings is 1. The first-order valence-electron chi connectivity index (χ1n) is 6.69. The van der Waals surface area contributed by atoms with Crippen LogP contribution in [0.5, 0.6) is 0 Å². The molecule has 0 unspecified atom stereocenters. The predicted molar refractivity (Wildman–Crippen MR) is 73.6 cm³/mol. The standard InChI is InChI=1S/C14H23N3/c1-3-7-16-13-8-14(10-15-9-13)17(2)11-12-5-4-6-12/h8-10,12,16H,3-7,11H2,1-2H3. The summed E-state index contributed by atoms with van der Waals surface area (Å²) in [5.74, 6) is 0.896. The van der Waals surface area contributed by atoms with E-state index >= 15 is 0 Å². The van der Waals surface area contributed by atoms with Crippen LogP contribution in [0.4, 0.5) is 11.4 Å². The van der Waals surface area contributed by atoms with E-state index in [1.807, 2.05) is 12.4 Å². The van der Waals surface area contributed by atoms with Gasteiger partial charge in [-0.15, -0.1) is 0 Å². The number of nitrogens with zero attached hydrogens (tertiary/aromatic N) is 2. The first-order valence-corrected chi connectivity index (χ1v) is 6.69. The molecule has 0 spiro atoms. The molecule has 1 fully saturated rings. The second-order valence-corrected chi connectivity index (χ2v) is 5.04. The second-order valence-electron chi connectivity index (χ2n) is 5.04. The van der Waals surface area contributed by atoms with E-state index in [0.717, 1.165) is 24.6 Å². The molecule has 3 nitrogen and oxygen atoms in total. The van der Waals surface area contributed by atoms with Gasteiger partial charge in [-0.1, -0.05) is 13.3 Å². The van der Waals surface area contributed by atoms with Crippen molar-refractivity contribution in [2.24, 2.45) is 5.92 Å². The fraction of sp³-hybridized carbons (Fsp3) is 0.643. The Morgan fingerprint density at radius 1 is 1.41 bits per heavy atom. The van der Waals surface area contributed by atoms with Gasteiger partial charge in [0.1, 0.15) is 0 Å². The molecule has 1 aliphatic rings. The van der Waals surface area contributed by atoms with Gasteiger partial charge in [0, 0.05) is 20.1 Å².